The highest BCUT2D eigenvalue weighted by Gasteiger charge is 2.26. The maximum absolute atomic E-state index is 10.1. The predicted molar refractivity (Wildman–Crippen MR) is 65.5 cm³/mol. The number of benzene rings is 1. The van der Waals surface area contributed by atoms with Crippen LogP contribution in [0.25, 0.3) is 10.9 Å². The molecule has 2 heteroatoms. The fourth-order valence-electron chi connectivity index (χ4n) is 2.87. The minimum Gasteiger partial charge on any atom is -0.392 e. The minimum absolute atomic E-state index is 0.159. The maximum Gasteiger partial charge on any atom is 0.0609 e. The van der Waals surface area contributed by atoms with Gasteiger partial charge in [-0.05, 0) is 24.5 Å². The molecule has 0 saturated heterocycles. The van der Waals surface area contributed by atoms with Gasteiger partial charge in [0, 0.05) is 23.0 Å². The number of aromatic nitrogens is 1. The topological polar surface area (TPSA) is 36.0 Å². The molecule has 1 saturated carbocycles. The minimum atomic E-state index is -0.159. The zero-order valence-electron chi connectivity index (χ0n) is 9.32. The van der Waals surface area contributed by atoms with Crippen LogP contribution in [0.4, 0.5) is 0 Å². The first-order valence-electron chi connectivity index (χ1n) is 6.10. The van der Waals surface area contributed by atoms with Crippen LogP contribution in [-0.2, 0) is 0 Å². The number of nitrogens with one attached hydrogen (secondary N) is 1. The van der Waals surface area contributed by atoms with Crippen molar-refractivity contribution in [3.63, 3.8) is 0 Å². The molecule has 3 rings (SSSR count). The van der Waals surface area contributed by atoms with Crippen LogP contribution in [0.2, 0.25) is 0 Å². The SMILES string of the molecule is OC1CCCCC1c1c[nH]c2ccccc12. The van der Waals surface area contributed by atoms with Crippen LogP contribution in [0.15, 0.2) is 30.5 Å². The van der Waals surface area contributed by atoms with E-state index in [2.05, 4.69) is 29.4 Å². The molecular formula is C14H17NO. The van der Waals surface area contributed by atoms with E-state index in [0.29, 0.717) is 5.92 Å². The van der Waals surface area contributed by atoms with E-state index in [-0.39, 0.29) is 6.10 Å². The van der Waals surface area contributed by atoms with Crippen LogP contribution in [0.3, 0.4) is 0 Å². The van der Waals surface area contributed by atoms with E-state index in [1.54, 1.807) is 0 Å². The number of aliphatic hydroxyl groups is 1. The number of aliphatic hydroxyl groups excluding tert-OH is 1. The molecule has 0 bridgehead atoms. The van der Waals surface area contributed by atoms with Crippen molar-refractivity contribution in [3.05, 3.63) is 36.0 Å². The van der Waals surface area contributed by atoms with Gasteiger partial charge in [-0.15, -0.1) is 0 Å². The molecule has 2 aromatic rings. The summed E-state index contributed by atoms with van der Waals surface area (Å²) < 4.78 is 0. The summed E-state index contributed by atoms with van der Waals surface area (Å²) >= 11 is 0. The van der Waals surface area contributed by atoms with Crippen molar-refractivity contribution in [1.82, 2.24) is 4.98 Å². The molecule has 0 amide bonds. The summed E-state index contributed by atoms with van der Waals surface area (Å²) in [4.78, 5) is 3.29. The Balaban J connectivity index is 2.04. The van der Waals surface area contributed by atoms with Crippen LogP contribution in [0, 0.1) is 0 Å². The molecule has 2 atom stereocenters. The van der Waals surface area contributed by atoms with Crippen LogP contribution >= 0.6 is 0 Å². The Bertz CT molecular complexity index is 488. The third-order valence-corrected chi connectivity index (χ3v) is 3.75. The Morgan fingerprint density at radius 3 is 2.81 bits per heavy atom. The fourth-order valence-corrected chi connectivity index (χ4v) is 2.87. The van der Waals surface area contributed by atoms with Crippen LogP contribution in [0.1, 0.15) is 37.2 Å². The van der Waals surface area contributed by atoms with Gasteiger partial charge in [-0.3, -0.25) is 0 Å². The summed E-state index contributed by atoms with van der Waals surface area (Å²) in [5.41, 5.74) is 2.47. The third-order valence-electron chi connectivity index (χ3n) is 3.75. The second-order valence-corrected chi connectivity index (χ2v) is 4.75. The van der Waals surface area contributed by atoms with E-state index in [9.17, 15) is 5.11 Å². The van der Waals surface area contributed by atoms with Gasteiger partial charge in [0.2, 0.25) is 0 Å². The van der Waals surface area contributed by atoms with Gasteiger partial charge in [-0.1, -0.05) is 31.0 Å². The first-order valence-corrected chi connectivity index (χ1v) is 6.10. The highest BCUT2D eigenvalue weighted by atomic mass is 16.3. The van der Waals surface area contributed by atoms with Gasteiger partial charge in [0.15, 0.2) is 0 Å². The summed E-state index contributed by atoms with van der Waals surface area (Å²) in [6.07, 6.45) is 6.38. The predicted octanol–water partition coefficient (Wildman–Crippen LogP) is 3.19. The normalized spacial score (nSPS) is 26.1. The highest BCUT2D eigenvalue weighted by Crippen LogP contribution is 2.36. The molecule has 1 fully saturated rings. The molecule has 0 aliphatic heterocycles. The van der Waals surface area contributed by atoms with Gasteiger partial charge in [-0.2, -0.15) is 0 Å². The van der Waals surface area contributed by atoms with Gasteiger partial charge in [0.25, 0.3) is 0 Å². The fraction of sp³-hybridized carbons (Fsp3) is 0.429. The Morgan fingerprint density at radius 2 is 1.94 bits per heavy atom. The Hall–Kier alpha value is -1.28. The molecule has 2 nitrogen and oxygen atoms in total. The van der Waals surface area contributed by atoms with Crippen molar-refractivity contribution in [1.29, 1.82) is 0 Å². The van der Waals surface area contributed by atoms with Crippen molar-refractivity contribution < 1.29 is 5.11 Å². The first kappa shape index (κ1) is 9.91. The lowest BCUT2D eigenvalue weighted by atomic mass is 9.82. The van der Waals surface area contributed by atoms with Crippen molar-refractivity contribution in [2.24, 2.45) is 0 Å². The lowest BCUT2D eigenvalue weighted by molar-refractivity contribution is 0.107. The molecule has 2 N–H and O–H groups in total. The number of H-pyrrole nitrogens is 1. The monoisotopic (exact) mass is 215 g/mol. The van der Waals surface area contributed by atoms with Gasteiger partial charge < -0.3 is 10.1 Å². The summed E-state index contributed by atoms with van der Waals surface area (Å²) in [6.45, 7) is 0. The van der Waals surface area contributed by atoms with Gasteiger partial charge in [0.05, 0.1) is 6.10 Å². The van der Waals surface area contributed by atoms with Crippen molar-refractivity contribution in [2.75, 3.05) is 0 Å². The summed E-state index contributed by atoms with van der Waals surface area (Å²) in [6, 6.07) is 8.34. The zero-order valence-corrected chi connectivity index (χ0v) is 9.32. The Kier molecular flexibility index (Phi) is 2.44. The number of rotatable bonds is 1. The summed E-state index contributed by atoms with van der Waals surface area (Å²) in [5, 5.41) is 11.4. The zero-order chi connectivity index (χ0) is 11.0. The second kappa shape index (κ2) is 3.95. The average molecular weight is 215 g/mol. The van der Waals surface area contributed by atoms with Crippen molar-refractivity contribution >= 4 is 10.9 Å². The Labute approximate surface area is 95.3 Å². The quantitative estimate of drug-likeness (QED) is 0.753. The molecule has 1 aromatic carbocycles. The Morgan fingerprint density at radius 1 is 1.12 bits per heavy atom. The average Bonchev–Trinajstić information content (AvgIpc) is 2.74. The van der Waals surface area contributed by atoms with Gasteiger partial charge >= 0.3 is 0 Å². The third kappa shape index (κ3) is 1.54. The molecule has 0 spiro atoms. The van der Waals surface area contributed by atoms with E-state index in [4.69, 9.17) is 0 Å². The van der Waals surface area contributed by atoms with E-state index < -0.39 is 0 Å². The second-order valence-electron chi connectivity index (χ2n) is 4.75. The highest BCUT2D eigenvalue weighted by molar-refractivity contribution is 5.83. The summed E-state index contributed by atoms with van der Waals surface area (Å²) in [5.74, 6) is 0.324. The van der Waals surface area contributed by atoms with E-state index >= 15 is 0 Å². The molecule has 2 unspecified atom stereocenters. The number of hydrogen-bond acceptors (Lipinski definition) is 1. The smallest absolute Gasteiger partial charge is 0.0609 e. The van der Waals surface area contributed by atoms with E-state index in [0.717, 1.165) is 12.8 Å². The largest absolute Gasteiger partial charge is 0.392 e. The molecule has 1 aromatic heterocycles. The molecule has 16 heavy (non-hydrogen) atoms. The molecule has 1 heterocycles. The van der Waals surface area contributed by atoms with E-state index in [1.165, 1.54) is 29.3 Å². The van der Waals surface area contributed by atoms with Gasteiger partial charge in [-0.25, -0.2) is 0 Å². The van der Waals surface area contributed by atoms with Crippen LogP contribution in [0.5, 0.6) is 0 Å². The molecular weight excluding hydrogens is 198 g/mol. The first-order chi connectivity index (χ1) is 7.86. The lowest BCUT2D eigenvalue weighted by Crippen LogP contribution is -2.22. The standard InChI is InChI=1S/C14H17NO/c16-14-8-4-2-6-11(14)12-9-15-13-7-3-1-5-10(12)13/h1,3,5,7,9,11,14-16H,2,4,6,8H2. The van der Waals surface area contributed by atoms with Gasteiger partial charge in [0.1, 0.15) is 0 Å². The maximum atomic E-state index is 10.1. The molecule has 0 radical (unpaired) electrons. The lowest BCUT2D eigenvalue weighted by Gasteiger charge is -2.27. The number of fused-ring (bicyclic) bond motifs is 1. The van der Waals surface area contributed by atoms with Crippen molar-refractivity contribution in [3.8, 4) is 0 Å². The molecule has 84 valence electrons. The molecule has 1 aliphatic rings. The van der Waals surface area contributed by atoms with Crippen LogP contribution in [-0.4, -0.2) is 16.2 Å². The van der Waals surface area contributed by atoms with Crippen LogP contribution < -0.4 is 0 Å². The number of aromatic amines is 1. The molecule has 1 aliphatic carbocycles. The summed E-state index contributed by atoms with van der Waals surface area (Å²) in [7, 11) is 0. The number of hydrogen-bond donors (Lipinski definition) is 2. The van der Waals surface area contributed by atoms with Crippen molar-refractivity contribution in [2.45, 2.75) is 37.7 Å². The van der Waals surface area contributed by atoms with E-state index in [1.807, 2.05) is 6.07 Å². The number of para-hydroxylation sites is 1.